The predicted octanol–water partition coefficient (Wildman–Crippen LogP) is 2.58. The van der Waals surface area contributed by atoms with E-state index in [1.54, 1.807) is 0 Å². The Balaban J connectivity index is 1.83. The Kier molecular flexibility index (Phi) is 4.45. The van der Waals surface area contributed by atoms with Crippen LogP contribution in [0.15, 0.2) is 0 Å². The van der Waals surface area contributed by atoms with Crippen LogP contribution in [-0.4, -0.2) is 25.8 Å². The van der Waals surface area contributed by atoms with E-state index in [9.17, 15) is 0 Å². The van der Waals surface area contributed by atoms with Gasteiger partial charge in [0.15, 0.2) is 0 Å². The average Bonchev–Trinajstić information content (AvgIpc) is 2.16. The van der Waals surface area contributed by atoms with Crippen molar-refractivity contribution >= 4 is 0 Å². The van der Waals surface area contributed by atoms with Crippen LogP contribution in [0, 0.1) is 11.8 Å². The van der Waals surface area contributed by atoms with Crippen LogP contribution >= 0.6 is 0 Å². The summed E-state index contributed by atoms with van der Waals surface area (Å²) in [5.41, 5.74) is 0. The van der Waals surface area contributed by atoms with Gasteiger partial charge in [0.25, 0.3) is 0 Å². The molecule has 2 aliphatic heterocycles. The monoisotopic (exact) mass is 211 g/mol. The molecule has 0 bridgehead atoms. The molecule has 2 rings (SSSR count). The molecule has 3 atom stereocenters. The molecule has 0 amide bonds. The van der Waals surface area contributed by atoms with Crippen LogP contribution in [0.5, 0.6) is 0 Å². The van der Waals surface area contributed by atoms with Gasteiger partial charge in [0.2, 0.25) is 0 Å². The Morgan fingerprint density at radius 1 is 1.00 bits per heavy atom. The molecule has 0 radical (unpaired) electrons. The molecule has 2 saturated heterocycles. The molecule has 2 aliphatic rings. The first-order valence-corrected chi connectivity index (χ1v) is 6.67. The van der Waals surface area contributed by atoms with Gasteiger partial charge >= 0.3 is 0 Å². The molecule has 1 N–H and O–H groups in total. The van der Waals surface area contributed by atoms with Gasteiger partial charge in [-0.05, 0) is 51.0 Å². The minimum atomic E-state index is 0.732. The van der Waals surface area contributed by atoms with Crippen LogP contribution in [0.3, 0.4) is 0 Å². The Labute approximate surface area is 93.8 Å². The van der Waals surface area contributed by atoms with E-state index in [1.165, 1.54) is 45.1 Å². The fraction of sp³-hybridized carbons (Fsp3) is 1.00. The summed E-state index contributed by atoms with van der Waals surface area (Å²) >= 11 is 0. The van der Waals surface area contributed by atoms with Crippen LogP contribution in [0.1, 0.15) is 45.4 Å². The molecule has 0 saturated carbocycles. The molecule has 0 aromatic heterocycles. The van der Waals surface area contributed by atoms with E-state index in [1.807, 2.05) is 0 Å². The van der Waals surface area contributed by atoms with Gasteiger partial charge in [-0.15, -0.1) is 0 Å². The normalized spacial score (nSPS) is 39.4. The fourth-order valence-electron chi connectivity index (χ4n) is 3.16. The first-order valence-electron chi connectivity index (χ1n) is 6.67. The van der Waals surface area contributed by atoms with Crippen LogP contribution in [0.25, 0.3) is 0 Å². The molecule has 2 fully saturated rings. The second-order valence-electron chi connectivity index (χ2n) is 5.30. The third-order valence-electron chi connectivity index (χ3n) is 4.08. The molecule has 0 aliphatic carbocycles. The summed E-state index contributed by atoms with van der Waals surface area (Å²) in [4.78, 5) is 0. The first-order chi connectivity index (χ1) is 7.36. The third-order valence-corrected chi connectivity index (χ3v) is 4.08. The lowest BCUT2D eigenvalue weighted by Crippen LogP contribution is -2.38. The van der Waals surface area contributed by atoms with Crippen LogP contribution in [-0.2, 0) is 4.74 Å². The summed E-state index contributed by atoms with van der Waals surface area (Å²) in [5, 5.41) is 3.55. The van der Waals surface area contributed by atoms with Gasteiger partial charge in [0, 0.05) is 19.3 Å². The molecule has 0 spiro atoms. The van der Waals surface area contributed by atoms with E-state index < -0.39 is 0 Å². The highest BCUT2D eigenvalue weighted by molar-refractivity contribution is 4.80. The zero-order valence-electron chi connectivity index (χ0n) is 10.0. The van der Waals surface area contributed by atoms with Crippen molar-refractivity contribution in [2.45, 2.75) is 51.5 Å². The molecule has 2 nitrogen and oxygen atoms in total. The highest BCUT2D eigenvalue weighted by Crippen LogP contribution is 2.31. The maximum Gasteiger partial charge on any atom is 0.0468 e. The fourth-order valence-corrected chi connectivity index (χ4v) is 3.16. The smallest absolute Gasteiger partial charge is 0.0468 e. The molecule has 88 valence electrons. The highest BCUT2D eigenvalue weighted by Gasteiger charge is 2.26. The highest BCUT2D eigenvalue weighted by atomic mass is 16.5. The second-order valence-corrected chi connectivity index (χ2v) is 5.30. The van der Waals surface area contributed by atoms with Crippen molar-refractivity contribution in [3.8, 4) is 0 Å². The molecular weight excluding hydrogens is 186 g/mol. The van der Waals surface area contributed by atoms with E-state index in [0.29, 0.717) is 0 Å². The molecule has 0 aromatic carbocycles. The van der Waals surface area contributed by atoms with Gasteiger partial charge < -0.3 is 10.1 Å². The lowest BCUT2D eigenvalue weighted by atomic mass is 9.78. The Bertz CT molecular complexity index is 175. The zero-order valence-corrected chi connectivity index (χ0v) is 10.0. The van der Waals surface area contributed by atoms with E-state index >= 15 is 0 Å². The van der Waals surface area contributed by atoms with Gasteiger partial charge in [-0.3, -0.25) is 0 Å². The van der Waals surface area contributed by atoms with E-state index in [-0.39, 0.29) is 0 Å². The second kappa shape index (κ2) is 5.86. The van der Waals surface area contributed by atoms with Crippen LogP contribution in [0.4, 0.5) is 0 Å². The number of hydrogen-bond acceptors (Lipinski definition) is 2. The Morgan fingerprint density at radius 3 is 2.80 bits per heavy atom. The maximum atomic E-state index is 5.61. The van der Waals surface area contributed by atoms with Crippen molar-refractivity contribution in [3.63, 3.8) is 0 Å². The summed E-state index contributed by atoms with van der Waals surface area (Å²) in [6, 6.07) is 0.732. The average molecular weight is 211 g/mol. The molecule has 2 heteroatoms. The Morgan fingerprint density at radius 2 is 1.93 bits per heavy atom. The lowest BCUT2D eigenvalue weighted by molar-refractivity contribution is 0.0780. The van der Waals surface area contributed by atoms with Crippen molar-refractivity contribution in [3.05, 3.63) is 0 Å². The minimum absolute atomic E-state index is 0.732. The van der Waals surface area contributed by atoms with Gasteiger partial charge in [-0.1, -0.05) is 12.8 Å². The Hall–Kier alpha value is -0.0800. The zero-order chi connectivity index (χ0) is 10.5. The lowest BCUT2D eigenvalue weighted by Gasteiger charge is -2.35. The summed E-state index contributed by atoms with van der Waals surface area (Å²) < 4.78 is 5.61. The van der Waals surface area contributed by atoms with Crippen molar-refractivity contribution in [1.29, 1.82) is 0 Å². The van der Waals surface area contributed by atoms with Crippen molar-refractivity contribution in [2.75, 3.05) is 19.8 Å². The molecular formula is C13H25NO. The number of ether oxygens (including phenoxy) is 1. The van der Waals surface area contributed by atoms with Crippen molar-refractivity contribution in [1.82, 2.24) is 5.32 Å². The van der Waals surface area contributed by atoms with Crippen molar-refractivity contribution in [2.24, 2.45) is 11.8 Å². The van der Waals surface area contributed by atoms with Crippen LogP contribution < -0.4 is 5.32 Å². The largest absolute Gasteiger partial charge is 0.381 e. The number of rotatable bonds is 1. The summed E-state index contributed by atoms with van der Waals surface area (Å²) in [6.07, 6.45) is 8.16. The first kappa shape index (κ1) is 11.4. The molecule has 0 aromatic rings. The quantitative estimate of drug-likeness (QED) is 0.720. The van der Waals surface area contributed by atoms with Crippen molar-refractivity contribution < 1.29 is 4.74 Å². The number of hydrogen-bond donors (Lipinski definition) is 1. The van der Waals surface area contributed by atoms with E-state index in [2.05, 4.69) is 12.2 Å². The standard InChI is InChI=1S/C13H25NO/c1-11-10-13(5-7-14-11)12-4-2-3-8-15-9-6-12/h11-14H,2-10H2,1H3/t11-,12?,13?/m1/s1. The molecule has 15 heavy (non-hydrogen) atoms. The summed E-state index contributed by atoms with van der Waals surface area (Å²) in [7, 11) is 0. The predicted molar refractivity (Wildman–Crippen MR) is 63.0 cm³/mol. The summed E-state index contributed by atoms with van der Waals surface area (Å²) in [5.74, 6) is 1.90. The molecule has 2 heterocycles. The SMILES string of the molecule is C[C@@H]1CC(C2CCCCOCC2)CCN1. The van der Waals surface area contributed by atoms with Gasteiger partial charge in [0.1, 0.15) is 0 Å². The molecule has 2 unspecified atom stereocenters. The maximum absolute atomic E-state index is 5.61. The topological polar surface area (TPSA) is 21.3 Å². The third kappa shape index (κ3) is 3.46. The minimum Gasteiger partial charge on any atom is -0.381 e. The number of nitrogens with one attached hydrogen (secondary N) is 1. The van der Waals surface area contributed by atoms with Crippen LogP contribution in [0.2, 0.25) is 0 Å². The van der Waals surface area contributed by atoms with E-state index in [0.717, 1.165) is 31.1 Å². The van der Waals surface area contributed by atoms with Gasteiger partial charge in [0.05, 0.1) is 0 Å². The van der Waals surface area contributed by atoms with Gasteiger partial charge in [-0.25, -0.2) is 0 Å². The number of piperidine rings is 1. The van der Waals surface area contributed by atoms with E-state index in [4.69, 9.17) is 4.74 Å². The summed E-state index contributed by atoms with van der Waals surface area (Å²) in [6.45, 7) is 5.55. The van der Waals surface area contributed by atoms with Gasteiger partial charge in [-0.2, -0.15) is 0 Å².